The number of fused-ring (bicyclic) bond motifs is 1. The minimum Gasteiger partial charge on any atom is -0.363 e. The van der Waals surface area contributed by atoms with Crippen molar-refractivity contribution in [3.05, 3.63) is 63.6 Å². The summed E-state index contributed by atoms with van der Waals surface area (Å²) >= 11 is 12.1. The molecule has 0 unspecified atom stereocenters. The third-order valence-corrected chi connectivity index (χ3v) is 5.12. The van der Waals surface area contributed by atoms with Crippen LogP contribution in [0, 0.1) is 0 Å². The van der Waals surface area contributed by atoms with Crippen LogP contribution >= 0.6 is 23.2 Å². The van der Waals surface area contributed by atoms with Gasteiger partial charge in [0.1, 0.15) is 0 Å². The monoisotopic (exact) mass is 372 g/mol. The van der Waals surface area contributed by atoms with E-state index >= 15 is 0 Å². The normalized spacial score (nSPS) is 16.1. The lowest BCUT2D eigenvalue weighted by Gasteiger charge is -2.42. The first-order valence-corrected chi connectivity index (χ1v) is 9.18. The standard InChI is InChI=1S/C21H22Cl2N2/c1-5-25-20-9-6-15(10-17(20)14(2)12-21(25,3)4)13-24-19-8-7-16(22)11-18(19)23/h6-13H,5H2,1-4H3. The number of nitrogens with zero attached hydrogens (tertiary/aromatic N) is 2. The predicted molar refractivity (Wildman–Crippen MR) is 111 cm³/mol. The quantitative estimate of drug-likeness (QED) is 0.542. The van der Waals surface area contributed by atoms with E-state index < -0.39 is 0 Å². The van der Waals surface area contributed by atoms with Gasteiger partial charge in [0.05, 0.1) is 16.2 Å². The first kappa shape index (κ1) is 18.0. The third-order valence-electron chi connectivity index (χ3n) is 4.58. The number of benzene rings is 2. The number of aliphatic imine (C=N–C) groups is 1. The molecule has 1 aliphatic rings. The molecule has 3 rings (SSSR count). The number of likely N-dealkylation sites (N-methyl/N-ethyl adjacent to an activating group) is 1. The Bertz CT molecular complexity index is 866. The summed E-state index contributed by atoms with van der Waals surface area (Å²) in [5.74, 6) is 0. The van der Waals surface area contributed by atoms with Crippen LogP contribution in [0.4, 0.5) is 11.4 Å². The SMILES string of the molecule is CCN1c2ccc(C=Nc3ccc(Cl)cc3Cl)cc2C(C)=CC1(C)C. The summed E-state index contributed by atoms with van der Waals surface area (Å²) in [6.07, 6.45) is 4.18. The van der Waals surface area contributed by atoms with Crippen LogP contribution in [0.3, 0.4) is 0 Å². The Morgan fingerprint density at radius 3 is 2.56 bits per heavy atom. The molecule has 0 spiro atoms. The molecule has 0 atom stereocenters. The summed E-state index contributed by atoms with van der Waals surface area (Å²) in [5, 5.41) is 1.16. The average Bonchev–Trinajstić information content (AvgIpc) is 2.54. The summed E-state index contributed by atoms with van der Waals surface area (Å²) < 4.78 is 0. The van der Waals surface area contributed by atoms with Gasteiger partial charge in [-0.05, 0) is 69.2 Å². The van der Waals surface area contributed by atoms with Crippen LogP contribution < -0.4 is 4.90 Å². The second-order valence-corrected chi connectivity index (χ2v) is 7.70. The molecule has 25 heavy (non-hydrogen) atoms. The van der Waals surface area contributed by atoms with Crippen LogP contribution in [-0.4, -0.2) is 18.3 Å². The Morgan fingerprint density at radius 2 is 1.88 bits per heavy atom. The van der Waals surface area contributed by atoms with Gasteiger partial charge in [-0.25, -0.2) is 0 Å². The van der Waals surface area contributed by atoms with Crippen molar-refractivity contribution in [3.8, 4) is 0 Å². The zero-order valence-corrected chi connectivity index (χ0v) is 16.5. The van der Waals surface area contributed by atoms with Crippen molar-refractivity contribution in [2.24, 2.45) is 4.99 Å². The second kappa shape index (κ2) is 6.86. The summed E-state index contributed by atoms with van der Waals surface area (Å²) in [4.78, 5) is 6.93. The van der Waals surface area contributed by atoms with Crippen LogP contribution in [0.5, 0.6) is 0 Å². The van der Waals surface area contributed by atoms with E-state index in [-0.39, 0.29) is 5.54 Å². The van der Waals surface area contributed by atoms with Crippen molar-refractivity contribution >= 4 is 46.4 Å². The largest absolute Gasteiger partial charge is 0.363 e. The maximum Gasteiger partial charge on any atom is 0.0817 e. The van der Waals surface area contributed by atoms with E-state index in [1.54, 1.807) is 12.1 Å². The van der Waals surface area contributed by atoms with Crippen molar-refractivity contribution in [1.29, 1.82) is 0 Å². The molecule has 0 bridgehead atoms. The lowest BCUT2D eigenvalue weighted by molar-refractivity contribution is 0.566. The molecule has 0 aromatic heterocycles. The molecule has 130 valence electrons. The van der Waals surface area contributed by atoms with Crippen LogP contribution in [-0.2, 0) is 0 Å². The Hall–Kier alpha value is -1.77. The molecule has 0 amide bonds. The summed E-state index contributed by atoms with van der Waals surface area (Å²) in [6, 6.07) is 11.8. The van der Waals surface area contributed by atoms with Gasteiger partial charge in [0.2, 0.25) is 0 Å². The van der Waals surface area contributed by atoms with Gasteiger partial charge >= 0.3 is 0 Å². The van der Waals surface area contributed by atoms with Gasteiger partial charge in [0, 0.05) is 29.0 Å². The highest BCUT2D eigenvalue weighted by molar-refractivity contribution is 6.36. The van der Waals surface area contributed by atoms with Gasteiger partial charge in [-0.3, -0.25) is 4.99 Å². The average molecular weight is 373 g/mol. The van der Waals surface area contributed by atoms with Gasteiger partial charge < -0.3 is 4.90 Å². The first-order valence-electron chi connectivity index (χ1n) is 8.42. The molecular formula is C21H22Cl2N2. The van der Waals surface area contributed by atoms with E-state index in [0.29, 0.717) is 15.7 Å². The molecule has 0 radical (unpaired) electrons. The molecule has 1 aliphatic heterocycles. The van der Waals surface area contributed by atoms with E-state index in [4.69, 9.17) is 23.2 Å². The molecule has 0 saturated heterocycles. The zero-order chi connectivity index (χ0) is 18.2. The summed E-state index contributed by atoms with van der Waals surface area (Å²) in [6.45, 7) is 9.84. The van der Waals surface area contributed by atoms with E-state index in [1.165, 1.54) is 16.8 Å². The van der Waals surface area contributed by atoms with Crippen LogP contribution in [0.25, 0.3) is 5.57 Å². The Morgan fingerprint density at radius 1 is 1.12 bits per heavy atom. The van der Waals surface area contributed by atoms with Gasteiger partial charge in [-0.2, -0.15) is 0 Å². The second-order valence-electron chi connectivity index (χ2n) is 6.86. The van der Waals surface area contributed by atoms with Gasteiger partial charge in [0.15, 0.2) is 0 Å². The lowest BCUT2D eigenvalue weighted by Crippen LogP contribution is -2.44. The molecule has 0 aliphatic carbocycles. The minimum absolute atomic E-state index is 0.0261. The number of halogens is 2. The van der Waals surface area contributed by atoms with E-state index in [1.807, 2.05) is 12.3 Å². The molecule has 4 heteroatoms. The Balaban J connectivity index is 1.96. The molecule has 0 saturated carbocycles. The van der Waals surface area contributed by atoms with Crippen LogP contribution in [0.2, 0.25) is 10.0 Å². The van der Waals surface area contributed by atoms with Gasteiger partial charge in [-0.15, -0.1) is 0 Å². The maximum absolute atomic E-state index is 6.19. The topological polar surface area (TPSA) is 15.6 Å². The van der Waals surface area contributed by atoms with Gasteiger partial charge in [-0.1, -0.05) is 35.3 Å². The Labute approximate surface area is 159 Å². The van der Waals surface area contributed by atoms with E-state index in [9.17, 15) is 0 Å². The number of rotatable bonds is 3. The number of hydrogen-bond acceptors (Lipinski definition) is 2. The fraction of sp³-hybridized carbons (Fsp3) is 0.286. The third kappa shape index (κ3) is 3.61. The number of allylic oxidation sites excluding steroid dienone is 1. The van der Waals surface area contributed by atoms with Crippen LogP contribution in [0.15, 0.2) is 47.5 Å². The fourth-order valence-electron chi connectivity index (χ4n) is 3.49. The van der Waals surface area contributed by atoms with Crippen molar-refractivity contribution in [2.75, 3.05) is 11.4 Å². The molecular weight excluding hydrogens is 351 g/mol. The highest BCUT2D eigenvalue weighted by Crippen LogP contribution is 2.39. The van der Waals surface area contributed by atoms with Crippen molar-refractivity contribution in [1.82, 2.24) is 0 Å². The zero-order valence-electron chi connectivity index (χ0n) is 15.0. The van der Waals surface area contributed by atoms with Crippen molar-refractivity contribution in [3.63, 3.8) is 0 Å². The first-order chi connectivity index (χ1) is 11.8. The highest BCUT2D eigenvalue weighted by atomic mass is 35.5. The van der Waals surface area contributed by atoms with E-state index in [2.05, 4.69) is 61.9 Å². The maximum atomic E-state index is 6.19. The van der Waals surface area contributed by atoms with Crippen LogP contribution in [0.1, 0.15) is 38.8 Å². The summed E-state index contributed by atoms with van der Waals surface area (Å²) in [5.41, 5.74) is 5.62. The van der Waals surface area contributed by atoms with E-state index in [0.717, 1.165) is 12.1 Å². The molecule has 2 aromatic rings. The van der Waals surface area contributed by atoms with Gasteiger partial charge in [0.25, 0.3) is 0 Å². The van der Waals surface area contributed by atoms with Crippen molar-refractivity contribution < 1.29 is 0 Å². The molecule has 1 heterocycles. The van der Waals surface area contributed by atoms with Crippen molar-refractivity contribution in [2.45, 2.75) is 33.2 Å². The molecule has 0 fully saturated rings. The molecule has 0 N–H and O–H groups in total. The summed E-state index contributed by atoms with van der Waals surface area (Å²) in [7, 11) is 0. The number of hydrogen-bond donors (Lipinski definition) is 0. The highest BCUT2D eigenvalue weighted by Gasteiger charge is 2.29. The smallest absolute Gasteiger partial charge is 0.0817 e. The minimum atomic E-state index is 0.0261. The lowest BCUT2D eigenvalue weighted by atomic mass is 9.88. The predicted octanol–water partition coefficient (Wildman–Crippen LogP) is 6.77. The number of anilines is 1. The Kier molecular flexibility index (Phi) is 4.95. The fourth-order valence-corrected chi connectivity index (χ4v) is 3.95. The molecule has 2 nitrogen and oxygen atoms in total. The molecule has 2 aromatic carbocycles.